The molecule has 0 radical (unpaired) electrons. The Morgan fingerprint density at radius 3 is 2.89 bits per heavy atom. The number of aromatic amines is 1. The maximum atomic E-state index is 11.9. The van der Waals surface area contributed by atoms with E-state index in [1.54, 1.807) is 18.3 Å². The topological polar surface area (TPSA) is 96.7 Å². The maximum absolute atomic E-state index is 11.9. The average Bonchev–Trinajstić information content (AvgIpc) is 2.73. The van der Waals surface area contributed by atoms with E-state index in [9.17, 15) is 4.79 Å². The molecule has 94 valence electrons. The minimum atomic E-state index is -0.354. The Morgan fingerprint density at radius 2 is 2.33 bits per heavy atom. The lowest BCUT2D eigenvalue weighted by atomic mass is 10.2. The number of carbonyl (C=O) groups excluding carboxylic acids is 1. The van der Waals surface area contributed by atoms with Crippen molar-refractivity contribution in [1.29, 1.82) is 0 Å². The zero-order chi connectivity index (χ0) is 13.1. The molecule has 0 unspecified atom stereocenters. The van der Waals surface area contributed by atoms with Gasteiger partial charge in [-0.2, -0.15) is 5.10 Å². The molecule has 0 fully saturated rings. The minimum absolute atomic E-state index is 0.203. The molecule has 0 saturated carbocycles. The van der Waals surface area contributed by atoms with Crippen molar-refractivity contribution in [1.82, 2.24) is 15.2 Å². The Balaban J connectivity index is 2.16. The number of nitrogens with one attached hydrogen (secondary N) is 2. The Kier molecular flexibility index (Phi) is 3.61. The summed E-state index contributed by atoms with van der Waals surface area (Å²) in [5.74, 6) is -0.354. The summed E-state index contributed by atoms with van der Waals surface area (Å²) in [5.41, 5.74) is 7.75. The van der Waals surface area contributed by atoms with E-state index in [-0.39, 0.29) is 11.6 Å². The molecule has 4 N–H and O–H groups in total. The lowest BCUT2D eigenvalue weighted by Crippen LogP contribution is -2.14. The van der Waals surface area contributed by atoms with Gasteiger partial charge in [-0.1, -0.05) is 6.92 Å². The van der Waals surface area contributed by atoms with Crippen LogP contribution in [0, 0.1) is 0 Å². The van der Waals surface area contributed by atoms with Gasteiger partial charge in [-0.25, -0.2) is 4.98 Å². The van der Waals surface area contributed by atoms with Gasteiger partial charge in [-0.3, -0.25) is 9.89 Å². The van der Waals surface area contributed by atoms with Crippen molar-refractivity contribution in [2.75, 3.05) is 11.1 Å². The van der Waals surface area contributed by atoms with Crippen LogP contribution in [0.15, 0.2) is 22.9 Å². The molecule has 2 rings (SSSR count). The second-order valence-corrected chi connectivity index (χ2v) is 4.45. The standard InChI is InChI=1S/C11H12BrN5O/c1-2-7-9(13)10(17-16-7)11(18)15-6-3-4-8(12)14-5-6/h3-5H,2,13H2,1H3,(H,15,18)(H,16,17). The largest absolute Gasteiger partial charge is 0.395 e. The Labute approximate surface area is 112 Å². The number of hydrogen-bond acceptors (Lipinski definition) is 4. The number of nitrogens with two attached hydrogens (primary N) is 1. The minimum Gasteiger partial charge on any atom is -0.395 e. The SMILES string of the molecule is CCc1[nH]nc(C(=O)Nc2ccc(Br)nc2)c1N. The van der Waals surface area contributed by atoms with E-state index in [4.69, 9.17) is 5.73 Å². The summed E-state index contributed by atoms with van der Waals surface area (Å²) >= 11 is 3.22. The van der Waals surface area contributed by atoms with Crippen LogP contribution >= 0.6 is 15.9 Å². The second kappa shape index (κ2) is 5.18. The molecule has 6 nitrogen and oxygen atoms in total. The summed E-state index contributed by atoms with van der Waals surface area (Å²) in [6.45, 7) is 1.93. The predicted molar refractivity (Wildman–Crippen MR) is 72.3 cm³/mol. The normalized spacial score (nSPS) is 10.3. The summed E-state index contributed by atoms with van der Waals surface area (Å²) < 4.78 is 0.702. The zero-order valence-corrected chi connectivity index (χ0v) is 11.3. The van der Waals surface area contributed by atoms with Crippen LogP contribution in [0.2, 0.25) is 0 Å². The van der Waals surface area contributed by atoms with Gasteiger partial charge in [0.05, 0.1) is 23.3 Å². The van der Waals surface area contributed by atoms with Gasteiger partial charge in [0, 0.05) is 0 Å². The van der Waals surface area contributed by atoms with Crippen molar-refractivity contribution in [2.24, 2.45) is 0 Å². The molecule has 0 aromatic carbocycles. The quantitative estimate of drug-likeness (QED) is 0.755. The highest BCUT2D eigenvalue weighted by atomic mass is 79.9. The molecule has 2 aromatic heterocycles. The highest BCUT2D eigenvalue weighted by Crippen LogP contribution is 2.17. The van der Waals surface area contributed by atoms with E-state index in [1.165, 1.54) is 0 Å². The van der Waals surface area contributed by atoms with Gasteiger partial charge in [-0.05, 0) is 34.5 Å². The number of anilines is 2. The molecule has 0 saturated heterocycles. The van der Waals surface area contributed by atoms with Crippen LogP contribution in [-0.4, -0.2) is 21.1 Å². The lowest BCUT2D eigenvalue weighted by molar-refractivity contribution is 0.102. The third kappa shape index (κ3) is 2.51. The predicted octanol–water partition coefficient (Wildman–Crippen LogP) is 1.96. The molecular formula is C11H12BrN5O. The van der Waals surface area contributed by atoms with E-state index in [2.05, 4.69) is 36.4 Å². The summed E-state index contributed by atoms with van der Waals surface area (Å²) in [6, 6.07) is 3.47. The summed E-state index contributed by atoms with van der Waals surface area (Å²) in [5, 5.41) is 9.33. The van der Waals surface area contributed by atoms with Crippen molar-refractivity contribution >= 4 is 33.2 Å². The van der Waals surface area contributed by atoms with E-state index < -0.39 is 0 Å². The van der Waals surface area contributed by atoms with Crippen molar-refractivity contribution in [3.8, 4) is 0 Å². The number of nitrogens with zero attached hydrogens (tertiary/aromatic N) is 2. The van der Waals surface area contributed by atoms with Crippen molar-refractivity contribution < 1.29 is 4.79 Å². The molecule has 0 aliphatic heterocycles. The first-order chi connectivity index (χ1) is 8.61. The third-order valence-electron chi connectivity index (χ3n) is 2.44. The van der Waals surface area contributed by atoms with Gasteiger partial charge in [0.15, 0.2) is 5.69 Å². The molecule has 18 heavy (non-hydrogen) atoms. The van der Waals surface area contributed by atoms with Gasteiger partial charge < -0.3 is 11.1 Å². The van der Waals surface area contributed by atoms with Crippen molar-refractivity contribution in [3.63, 3.8) is 0 Å². The Bertz CT molecular complexity index is 563. The first-order valence-corrected chi connectivity index (χ1v) is 6.16. The molecular weight excluding hydrogens is 298 g/mol. The third-order valence-corrected chi connectivity index (χ3v) is 2.91. The fraction of sp³-hybridized carbons (Fsp3) is 0.182. The van der Waals surface area contributed by atoms with Gasteiger partial charge in [-0.15, -0.1) is 0 Å². The number of amides is 1. The first kappa shape index (κ1) is 12.6. The number of hydrogen-bond donors (Lipinski definition) is 3. The number of H-pyrrole nitrogens is 1. The van der Waals surface area contributed by atoms with E-state index >= 15 is 0 Å². The maximum Gasteiger partial charge on any atom is 0.278 e. The lowest BCUT2D eigenvalue weighted by Gasteiger charge is -2.03. The summed E-state index contributed by atoms with van der Waals surface area (Å²) in [6.07, 6.45) is 2.25. The molecule has 2 aromatic rings. The zero-order valence-electron chi connectivity index (χ0n) is 9.70. The molecule has 2 heterocycles. The Hall–Kier alpha value is -1.89. The number of pyridine rings is 1. The van der Waals surface area contributed by atoms with Gasteiger partial charge >= 0.3 is 0 Å². The fourth-order valence-electron chi connectivity index (χ4n) is 1.47. The van der Waals surface area contributed by atoms with Crippen LogP contribution in [0.4, 0.5) is 11.4 Å². The molecule has 0 atom stereocenters. The van der Waals surface area contributed by atoms with E-state index in [1.807, 2.05) is 6.92 Å². The summed E-state index contributed by atoms with van der Waals surface area (Å²) in [7, 11) is 0. The monoisotopic (exact) mass is 309 g/mol. The molecule has 1 amide bonds. The van der Waals surface area contributed by atoms with Gasteiger partial charge in [0.2, 0.25) is 0 Å². The van der Waals surface area contributed by atoms with Gasteiger partial charge in [0.25, 0.3) is 5.91 Å². The average molecular weight is 310 g/mol. The molecule has 7 heteroatoms. The highest BCUT2D eigenvalue weighted by Gasteiger charge is 2.16. The van der Waals surface area contributed by atoms with Crippen molar-refractivity contribution in [2.45, 2.75) is 13.3 Å². The van der Waals surface area contributed by atoms with Crippen LogP contribution in [0.5, 0.6) is 0 Å². The van der Waals surface area contributed by atoms with E-state index in [0.717, 1.165) is 5.69 Å². The number of nitrogen functional groups attached to an aromatic ring is 1. The number of halogens is 1. The highest BCUT2D eigenvalue weighted by molar-refractivity contribution is 9.10. The van der Waals surface area contributed by atoms with E-state index in [0.29, 0.717) is 22.4 Å². The number of aromatic nitrogens is 3. The molecule has 0 bridgehead atoms. The molecule has 0 aliphatic rings. The van der Waals surface area contributed by atoms with Crippen LogP contribution < -0.4 is 11.1 Å². The van der Waals surface area contributed by atoms with Crippen LogP contribution in [0.25, 0.3) is 0 Å². The number of aryl methyl sites for hydroxylation is 1. The number of carbonyl (C=O) groups is 1. The van der Waals surface area contributed by atoms with Crippen LogP contribution in [0.3, 0.4) is 0 Å². The van der Waals surface area contributed by atoms with Crippen molar-refractivity contribution in [3.05, 3.63) is 34.3 Å². The fourth-order valence-corrected chi connectivity index (χ4v) is 1.70. The Morgan fingerprint density at radius 1 is 1.56 bits per heavy atom. The second-order valence-electron chi connectivity index (χ2n) is 3.64. The first-order valence-electron chi connectivity index (χ1n) is 5.37. The van der Waals surface area contributed by atoms with Crippen LogP contribution in [-0.2, 0) is 6.42 Å². The van der Waals surface area contributed by atoms with Gasteiger partial charge in [0.1, 0.15) is 4.60 Å². The number of rotatable bonds is 3. The smallest absolute Gasteiger partial charge is 0.278 e. The van der Waals surface area contributed by atoms with Crippen LogP contribution in [0.1, 0.15) is 23.1 Å². The summed E-state index contributed by atoms with van der Waals surface area (Å²) in [4.78, 5) is 15.9. The molecule has 0 spiro atoms. The molecule has 0 aliphatic carbocycles.